The summed E-state index contributed by atoms with van der Waals surface area (Å²) in [6.07, 6.45) is 2.20. The quantitative estimate of drug-likeness (QED) is 0.290. The van der Waals surface area contributed by atoms with E-state index in [4.69, 9.17) is 28.8 Å². The second kappa shape index (κ2) is 14.3. The molecule has 1 aromatic heterocycles. The Morgan fingerprint density at radius 2 is 1.86 bits per heavy atom. The Hall–Kier alpha value is -3.87. The number of alkyl carbamates (subject to hydrolysis) is 1. The number of rotatable bonds is 11. The molecule has 2 saturated heterocycles. The number of fused-ring (bicyclic) bond motifs is 1. The molecule has 2 N–H and O–H groups in total. The lowest BCUT2D eigenvalue weighted by atomic mass is 10.0. The normalized spacial score (nSPS) is 17.4. The molecule has 2 aromatic carbocycles. The van der Waals surface area contributed by atoms with Crippen molar-refractivity contribution in [1.29, 1.82) is 0 Å². The summed E-state index contributed by atoms with van der Waals surface area (Å²) in [6.45, 7) is 10.1. The molecule has 238 valence electrons. The zero-order valence-electron chi connectivity index (χ0n) is 25.7. The molecule has 1 unspecified atom stereocenters. The van der Waals surface area contributed by atoms with E-state index in [0.29, 0.717) is 57.6 Å². The molecule has 3 aromatic rings. The van der Waals surface area contributed by atoms with Crippen LogP contribution in [0, 0.1) is 0 Å². The zero-order chi connectivity index (χ0) is 31.1. The molecule has 44 heavy (non-hydrogen) atoms. The topological polar surface area (TPSA) is 134 Å². The highest BCUT2D eigenvalue weighted by Gasteiger charge is 2.24. The lowest BCUT2D eigenvalue weighted by Gasteiger charge is -2.29. The van der Waals surface area contributed by atoms with E-state index in [-0.39, 0.29) is 11.8 Å². The predicted molar refractivity (Wildman–Crippen MR) is 165 cm³/mol. The van der Waals surface area contributed by atoms with Crippen molar-refractivity contribution in [2.45, 2.75) is 51.9 Å². The van der Waals surface area contributed by atoms with Crippen LogP contribution in [0.25, 0.3) is 22.2 Å². The number of aromatic carboxylic acids is 1. The molecule has 2 aliphatic heterocycles. The van der Waals surface area contributed by atoms with Gasteiger partial charge in [0, 0.05) is 48.9 Å². The number of benzene rings is 2. The number of hydrogen-bond acceptors (Lipinski definition) is 9. The molecule has 2 aliphatic rings. The van der Waals surface area contributed by atoms with Gasteiger partial charge in [0.2, 0.25) is 0 Å². The number of carboxylic acids is 1. The first-order valence-corrected chi connectivity index (χ1v) is 15.2. The van der Waals surface area contributed by atoms with Gasteiger partial charge in [0.05, 0.1) is 37.5 Å². The Morgan fingerprint density at radius 3 is 2.59 bits per heavy atom. The molecular formula is C32H42N4O8. The van der Waals surface area contributed by atoms with Crippen molar-refractivity contribution in [3.8, 4) is 17.0 Å². The van der Waals surface area contributed by atoms with Crippen LogP contribution in [0.1, 0.15) is 56.6 Å². The summed E-state index contributed by atoms with van der Waals surface area (Å²) in [5.74, 6) is -0.350. The van der Waals surface area contributed by atoms with Gasteiger partial charge in [-0.1, -0.05) is 0 Å². The summed E-state index contributed by atoms with van der Waals surface area (Å²) in [4.78, 5) is 25.9. The molecule has 0 aliphatic carbocycles. The Labute approximate surface area is 257 Å². The van der Waals surface area contributed by atoms with Gasteiger partial charge >= 0.3 is 12.1 Å². The minimum atomic E-state index is -0.994. The molecule has 5 rings (SSSR count). The second-order valence-corrected chi connectivity index (χ2v) is 11.9. The van der Waals surface area contributed by atoms with Crippen LogP contribution >= 0.6 is 0 Å². The van der Waals surface area contributed by atoms with Gasteiger partial charge in [-0.25, -0.2) is 14.3 Å². The van der Waals surface area contributed by atoms with Crippen LogP contribution in [0.4, 0.5) is 10.5 Å². The van der Waals surface area contributed by atoms with Crippen LogP contribution in [0.5, 0.6) is 5.75 Å². The molecule has 0 bridgehead atoms. The van der Waals surface area contributed by atoms with E-state index in [9.17, 15) is 14.7 Å². The van der Waals surface area contributed by atoms with Crippen molar-refractivity contribution < 1.29 is 38.4 Å². The van der Waals surface area contributed by atoms with E-state index >= 15 is 0 Å². The lowest BCUT2D eigenvalue weighted by Crippen LogP contribution is -2.36. The highest BCUT2D eigenvalue weighted by Crippen LogP contribution is 2.37. The molecule has 0 saturated carbocycles. The lowest BCUT2D eigenvalue weighted by molar-refractivity contribution is -0.0365. The maximum absolute atomic E-state index is 11.9. The largest absolute Gasteiger partial charge is 0.491 e. The number of hydrogen-bond donors (Lipinski definition) is 2. The summed E-state index contributed by atoms with van der Waals surface area (Å²) >= 11 is 0. The number of carbonyl (C=O) groups is 2. The minimum absolute atomic E-state index is 0.196. The van der Waals surface area contributed by atoms with Crippen molar-refractivity contribution in [1.82, 2.24) is 15.1 Å². The van der Waals surface area contributed by atoms with Crippen molar-refractivity contribution in [2.24, 2.45) is 0 Å². The van der Waals surface area contributed by atoms with E-state index in [0.717, 1.165) is 54.5 Å². The molecule has 0 radical (unpaired) electrons. The number of anilines is 1. The van der Waals surface area contributed by atoms with Gasteiger partial charge in [0.25, 0.3) is 0 Å². The fraction of sp³-hybridized carbons (Fsp3) is 0.531. The van der Waals surface area contributed by atoms with Gasteiger partial charge in [-0.05, 0) is 70.4 Å². The first kappa shape index (κ1) is 31.6. The zero-order valence-corrected chi connectivity index (χ0v) is 25.7. The summed E-state index contributed by atoms with van der Waals surface area (Å²) in [5, 5.41) is 18.2. The van der Waals surface area contributed by atoms with E-state index < -0.39 is 17.7 Å². The van der Waals surface area contributed by atoms with Gasteiger partial charge in [0.1, 0.15) is 23.7 Å². The average Bonchev–Trinajstić information content (AvgIpc) is 3.39. The van der Waals surface area contributed by atoms with Crippen molar-refractivity contribution >= 4 is 28.7 Å². The van der Waals surface area contributed by atoms with E-state index in [1.165, 1.54) is 0 Å². The summed E-state index contributed by atoms with van der Waals surface area (Å²) in [6, 6.07) is 11.1. The Morgan fingerprint density at radius 1 is 1.05 bits per heavy atom. The first-order chi connectivity index (χ1) is 21.2. The Kier molecular flexibility index (Phi) is 10.2. The van der Waals surface area contributed by atoms with Gasteiger partial charge in [-0.15, -0.1) is 0 Å². The van der Waals surface area contributed by atoms with Crippen molar-refractivity contribution in [3.63, 3.8) is 0 Å². The molecule has 12 nitrogen and oxygen atoms in total. The first-order valence-electron chi connectivity index (χ1n) is 15.2. The SMILES string of the molecule is CC(C)(C)OC(=O)NCCOCCOc1cc(-c2nn(C3CCCCO3)c3ccc(C(=O)O)cc23)cc(N2CCOCC2)c1. The highest BCUT2D eigenvalue weighted by molar-refractivity contribution is 5.99. The third kappa shape index (κ3) is 8.19. The third-order valence-electron chi connectivity index (χ3n) is 7.33. The van der Waals surface area contributed by atoms with Crippen LogP contribution < -0.4 is 15.0 Å². The Bertz CT molecular complexity index is 1440. The number of amides is 1. The smallest absolute Gasteiger partial charge is 0.407 e. The number of aromatic nitrogens is 2. The maximum Gasteiger partial charge on any atom is 0.407 e. The standard InChI is InChI=1S/C32H42N4O8/c1-32(2,3)44-31(39)33-9-13-40-16-17-42-25-19-23(18-24(21-25)35-10-14-41-15-11-35)29-26-20-22(30(37)38)7-8-27(26)36(34-29)28-6-4-5-12-43-28/h7-8,18-21,28H,4-6,9-17H2,1-3H3,(H,33,39)(H,37,38). The number of nitrogens with zero attached hydrogens (tertiary/aromatic N) is 3. The van der Waals surface area contributed by atoms with Gasteiger partial charge in [-0.3, -0.25) is 0 Å². The van der Waals surface area contributed by atoms with Crippen LogP contribution in [-0.2, 0) is 18.9 Å². The number of nitrogens with one attached hydrogen (secondary N) is 1. The number of morpholine rings is 1. The van der Waals surface area contributed by atoms with E-state index in [2.05, 4.69) is 16.3 Å². The van der Waals surface area contributed by atoms with E-state index in [1.54, 1.807) is 12.1 Å². The molecule has 1 atom stereocenters. The van der Waals surface area contributed by atoms with Crippen LogP contribution in [0.15, 0.2) is 36.4 Å². The number of ether oxygens (including phenoxy) is 5. The van der Waals surface area contributed by atoms with Gasteiger partial charge in [-0.2, -0.15) is 5.10 Å². The Balaban J connectivity index is 1.36. The number of carboxylic acid groups (broad SMARTS) is 1. The fourth-order valence-corrected chi connectivity index (χ4v) is 5.29. The number of carbonyl (C=O) groups excluding carboxylic acids is 1. The van der Waals surface area contributed by atoms with E-state index in [1.807, 2.05) is 43.7 Å². The van der Waals surface area contributed by atoms with Crippen LogP contribution in [0.3, 0.4) is 0 Å². The fourth-order valence-electron chi connectivity index (χ4n) is 5.29. The molecule has 3 heterocycles. The van der Waals surface area contributed by atoms with Crippen LogP contribution in [0.2, 0.25) is 0 Å². The van der Waals surface area contributed by atoms with Crippen molar-refractivity contribution in [3.05, 3.63) is 42.0 Å². The average molecular weight is 611 g/mol. The molecular weight excluding hydrogens is 568 g/mol. The second-order valence-electron chi connectivity index (χ2n) is 11.9. The van der Waals surface area contributed by atoms with Gasteiger partial charge < -0.3 is 39.0 Å². The summed E-state index contributed by atoms with van der Waals surface area (Å²) in [7, 11) is 0. The van der Waals surface area contributed by atoms with Gasteiger partial charge in [0.15, 0.2) is 6.23 Å². The highest BCUT2D eigenvalue weighted by atomic mass is 16.6. The maximum atomic E-state index is 11.9. The summed E-state index contributed by atoms with van der Waals surface area (Å²) in [5.41, 5.74) is 2.91. The van der Waals surface area contributed by atoms with Crippen LogP contribution in [-0.4, -0.2) is 91.8 Å². The molecule has 2 fully saturated rings. The third-order valence-corrected chi connectivity index (χ3v) is 7.33. The molecule has 0 spiro atoms. The monoisotopic (exact) mass is 610 g/mol. The molecule has 12 heteroatoms. The summed E-state index contributed by atoms with van der Waals surface area (Å²) < 4.78 is 30.5. The minimum Gasteiger partial charge on any atom is -0.491 e. The predicted octanol–water partition coefficient (Wildman–Crippen LogP) is 4.86. The van der Waals surface area contributed by atoms with Crippen molar-refractivity contribution in [2.75, 3.05) is 64.2 Å². The molecule has 1 amide bonds.